The van der Waals surface area contributed by atoms with Crippen LogP contribution < -0.4 is 5.73 Å². The van der Waals surface area contributed by atoms with Gasteiger partial charge in [-0.15, -0.1) is 0 Å². The normalized spacial score (nSPS) is 9.87. The van der Waals surface area contributed by atoms with Crippen LogP contribution in [0.2, 0.25) is 0 Å². The van der Waals surface area contributed by atoms with Gasteiger partial charge in [0, 0.05) is 24.8 Å². The minimum absolute atomic E-state index is 0.490. The smallest absolute Gasteiger partial charge is 0.138 e. The highest BCUT2D eigenvalue weighted by Gasteiger charge is 2.04. The minimum Gasteiger partial charge on any atom is -0.385 e. The number of hydrogen-bond acceptors (Lipinski definition) is 5. The summed E-state index contributed by atoms with van der Waals surface area (Å²) < 4.78 is 4.97. The van der Waals surface area contributed by atoms with E-state index >= 15 is 0 Å². The number of nitrogen functional groups attached to an aromatic ring is 1. The van der Waals surface area contributed by atoms with Gasteiger partial charge in [0.2, 0.25) is 0 Å². The number of nitrogens with two attached hydrogens (primary N) is 1. The van der Waals surface area contributed by atoms with Crippen molar-refractivity contribution in [1.29, 1.82) is 5.26 Å². The molecule has 5 heteroatoms. The lowest BCUT2D eigenvalue weighted by molar-refractivity contribution is 0.195. The third-order valence-corrected chi connectivity index (χ3v) is 2.60. The molecule has 0 atom stereocenters. The zero-order chi connectivity index (χ0) is 11.1. The third kappa shape index (κ3) is 3.78. The van der Waals surface area contributed by atoms with Crippen LogP contribution in [0.1, 0.15) is 12.0 Å². The Morgan fingerprint density at radius 2 is 2.47 bits per heavy atom. The average Bonchev–Trinajstić information content (AvgIpc) is 2.22. The maximum atomic E-state index is 8.61. The van der Waals surface area contributed by atoms with Crippen molar-refractivity contribution in [3.63, 3.8) is 0 Å². The Balaban J connectivity index is 2.73. The maximum Gasteiger partial charge on any atom is 0.138 e. The van der Waals surface area contributed by atoms with Gasteiger partial charge in [-0.1, -0.05) is 0 Å². The Morgan fingerprint density at radius 1 is 1.67 bits per heavy atom. The molecule has 0 radical (unpaired) electrons. The fraction of sp³-hybridized carbons (Fsp3) is 0.400. The Morgan fingerprint density at radius 3 is 3.13 bits per heavy atom. The number of rotatable bonds is 5. The molecule has 0 aliphatic heterocycles. The van der Waals surface area contributed by atoms with E-state index in [-0.39, 0.29) is 0 Å². The molecule has 0 bridgehead atoms. The summed E-state index contributed by atoms with van der Waals surface area (Å²) in [6, 6.07) is 1.81. The van der Waals surface area contributed by atoms with E-state index in [1.807, 2.05) is 11.5 Å². The second kappa shape index (κ2) is 6.27. The van der Waals surface area contributed by atoms with Gasteiger partial charge in [-0.25, -0.2) is 4.98 Å². The van der Waals surface area contributed by atoms with Crippen LogP contribution in [-0.2, 0) is 11.2 Å². The topological polar surface area (TPSA) is 71.9 Å². The van der Waals surface area contributed by atoms with Gasteiger partial charge in [0.15, 0.2) is 0 Å². The Hall–Kier alpha value is -1.25. The first-order valence-corrected chi connectivity index (χ1v) is 5.39. The SMILES string of the molecule is COCCCc1cc(N)ncc1SC#N. The Kier molecular flexibility index (Phi) is 4.95. The van der Waals surface area contributed by atoms with E-state index in [0.29, 0.717) is 12.4 Å². The number of aryl methyl sites for hydroxylation is 1. The molecule has 0 saturated carbocycles. The summed E-state index contributed by atoms with van der Waals surface area (Å²) in [7, 11) is 1.67. The lowest BCUT2D eigenvalue weighted by Gasteiger charge is -2.06. The van der Waals surface area contributed by atoms with Gasteiger partial charge in [-0.3, -0.25) is 0 Å². The van der Waals surface area contributed by atoms with Crippen LogP contribution in [-0.4, -0.2) is 18.7 Å². The van der Waals surface area contributed by atoms with Crippen molar-refractivity contribution in [2.24, 2.45) is 0 Å². The molecule has 1 aromatic heterocycles. The van der Waals surface area contributed by atoms with Gasteiger partial charge >= 0.3 is 0 Å². The zero-order valence-corrected chi connectivity index (χ0v) is 9.38. The van der Waals surface area contributed by atoms with Crippen LogP contribution in [0.4, 0.5) is 5.82 Å². The Bertz CT molecular complexity index is 362. The number of anilines is 1. The highest BCUT2D eigenvalue weighted by molar-refractivity contribution is 8.03. The first-order valence-electron chi connectivity index (χ1n) is 4.57. The van der Waals surface area contributed by atoms with Gasteiger partial charge < -0.3 is 10.5 Å². The highest BCUT2D eigenvalue weighted by Crippen LogP contribution is 2.23. The molecule has 0 saturated heterocycles. The van der Waals surface area contributed by atoms with Crippen molar-refractivity contribution in [3.8, 4) is 5.40 Å². The number of methoxy groups -OCH3 is 1. The van der Waals surface area contributed by atoms with E-state index < -0.39 is 0 Å². The van der Waals surface area contributed by atoms with E-state index in [1.165, 1.54) is 0 Å². The van der Waals surface area contributed by atoms with Crippen molar-refractivity contribution in [2.75, 3.05) is 19.5 Å². The summed E-state index contributed by atoms with van der Waals surface area (Å²) in [5, 5.41) is 10.7. The molecular formula is C10H13N3OS. The van der Waals surface area contributed by atoms with Gasteiger partial charge in [-0.05, 0) is 36.2 Å². The number of hydrogen-bond donors (Lipinski definition) is 1. The summed E-state index contributed by atoms with van der Waals surface area (Å²) in [6.45, 7) is 0.707. The van der Waals surface area contributed by atoms with E-state index in [9.17, 15) is 0 Å². The van der Waals surface area contributed by atoms with Gasteiger partial charge in [0.1, 0.15) is 11.2 Å². The lowest BCUT2D eigenvalue weighted by atomic mass is 10.1. The summed E-state index contributed by atoms with van der Waals surface area (Å²) in [6.07, 6.45) is 3.41. The standard InChI is InChI=1S/C10H13N3OS/c1-14-4-2-3-8-5-10(12)13-6-9(8)15-7-11/h5-6H,2-4H2,1H3,(H2,12,13). The van der Waals surface area contributed by atoms with Crippen LogP contribution in [0, 0.1) is 10.7 Å². The average molecular weight is 223 g/mol. The van der Waals surface area contributed by atoms with Crippen molar-refractivity contribution in [1.82, 2.24) is 4.98 Å². The molecule has 15 heavy (non-hydrogen) atoms. The second-order valence-electron chi connectivity index (χ2n) is 3.01. The fourth-order valence-electron chi connectivity index (χ4n) is 1.25. The zero-order valence-electron chi connectivity index (χ0n) is 8.56. The largest absolute Gasteiger partial charge is 0.385 e. The molecular weight excluding hydrogens is 210 g/mol. The maximum absolute atomic E-state index is 8.61. The van der Waals surface area contributed by atoms with Gasteiger partial charge in [0.05, 0.1) is 0 Å². The summed E-state index contributed by atoms with van der Waals surface area (Å²) in [5.41, 5.74) is 6.65. The number of aromatic nitrogens is 1. The lowest BCUT2D eigenvalue weighted by Crippen LogP contribution is -1.98. The third-order valence-electron chi connectivity index (χ3n) is 1.92. The fourth-order valence-corrected chi connectivity index (χ4v) is 1.74. The van der Waals surface area contributed by atoms with Crippen molar-refractivity contribution in [2.45, 2.75) is 17.7 Å². The van der Waals surface area contributed by atoms with E-state index in [2.05, 4.69) is 4.98 Å². The molecule has 80 valence electrons. The molecule has 0 unspecified atom stereocenters. The van der Waals surface area contributed by atoms with E-state index in [4.69, 9.17) is 15.7 Å². The molecule has 0 aliphatic rings. The van der Waals surface area contributed by atoms with Crippen molar-refractivity contribution in [3.05, 3.63) is 17.8 Å². The predicted molar refractivity (Wildman–Crippen MR) is 60.3 cm³/mol. The summed E-state index contributed by atoms with van der Waals surface area (Å²) in [5.74, 6) is 0.490. The number of pyridine rings is 1. The summed E-state index contributed by atoms with van der Waals surface area (Å²) >= 11 is 1.12. The molecule has 0 aliphatic carbocycles. The van der Waals surface area contributed by atoms with Crippen LogP contribution >= 0.6 is 11.8 Å². The molecule has 4 nitrogen and oxygen atoms in total. The van der Waals surface area contributed by atoms with Gasteiger partial charge in [0.25, 0.3) is 0 Å². The quantitative estimate of drug-likeness (QED) is 0.468. The van der Waals surface area contributed by atoms with Crippen LogP contribution in [0.3, 0.4) is 0 Å². The van der Waals surface area contributed by atoms with Crippen molar-refractivity contribution < 1.29 is 4.74 Å². The van der Waals surface area contributed by atoms with Crippen LogP contribution in [0.15, 0.2) is 17.2 Å². The van der Waals surface area contributed by atoms with Crippen LogP contribution in [0.5, 0.6) is 0 Å². The molecule has 1 aromatic rings. The minimum atomic E-state index is 0.490. The first-order chi connectivity index (χ1) is 7.27. The molecule has 1 heterocycles. The number of thiocyanates is 1. The van der Waals surface area contributed by atoms with Crippen LogP contribution in [0.25, 0.3) is 0 Å². The molecule has 0 amide bonds. The first kappa shape index (κ1) is 11.8. The number of ether oxygens (including phenoxy) is 1. The molecule has 1 rings (SSSR count). The Labute approximate surface area is 93.4 Å². The second-order valence-corrected chi connectivity index (χ2v) is 3.83. The van der Waals surface area contributed by atoms with Crippen molar-refractivity contribution >= 4 is 17.6 Å². The van der Waals surface area contributed by atoms with Gasteiger partial charge in [-0.2, -0.15) is 5.26 Å². The molecule has 0 spiro atoms. The molecule has 0 fully saturated rings. The highest BCUT2D eigenvalue weighted by atomic mass is 32.2. The number of nitrogens with zero attached hydrogens (tertiary/aromatic N) is 2. The molecule has 2 N–H and O–H groups in total. The summed E-state index contributed by atoms with van der Waals surface area (Å²) in [4.78, 5) is 4.84. The number of nitriles is 1. The van der Waals surface area contributed by atoms with E-state index in [0.717, 1.165) is 35.1 Å². The van der Waals surface area contributed by atoms with E-state index in [1.54, 1.807) is 13.3 Å². The predicted octanol–water partition coefficient (Wildman–Crippen LogP) is 1.82. The number of thioether (sulfide) groups is 1. The molecule has 0 aromatic carbocycles. The monoisotopic (exact) mass is 223 g/mol.